The molecule has 2 aliphatic rings. The Morgan fingerprint density at radius 2 is 1.82 bits per heavy atom. The highest BCUT2D eigenvalue weighted by Crippen LogP contribution is 2.29. The number of aliphatic hydroxyl groups is 3. The average molecular weight is 162 g/mol. The first-order valence-corrected chi connectivity index (χ1v) is 3.51. The first kappa shape index (κ1) is 7.45. The van der Waals surface area contributed by atoms with Crippen LogP contribution in [-0.2, 0) is 9.47 Å². The predicted octanol–water partition coefficient (Wildman–Crippen LogP) is -2.18. The molecule has 2 fully saturated rings. The van der Waals surface area contributed by atoms with Crippen molar-refractivity contribution >= 4 is 0 Å². The molecule has 0 aromatic heterocycles. The minimum Gasteiger partial charge on any atom is -0.388 e. The predicted molar refractivity (Wildman–Crippen MR) is 32.6 cm³/mol. The van der Waals surface area contributed by atoms with E-state index in [1.54, 1.807) is 0 Å². The Bertz CT molecular complexity index is 161. The van der Waals surface area contributed by atoms with E-state index in [1.807, 2.05) is 0 Å². The van der Waals surface area contributed by atoms with Crippen molar-refractivity contribution in [3.8, 4) is 0 Å². The molecule has 0 unspecified atom stereocenters. The molecular formula is C6H10O5. The fraction of sp³-hybridized carbons (Fsp3) is 1.00. The van der Waals surface area contributed by atoms with Crippen molar-refractivity contribution in [3.63, 3.8) is 0 Å². The Kier molecular flexibility index (Phi) is 1.62. The Hall–Kier alpha value is -0.200. The molecule has 0 aromatic rings. The van der Waals surface area contributed by atoms with Crippen molar-refractivity contribution < 1.29 is 24.8 Å². The molecule has 5 heteroatoms. The third kappa shape index (κ3) is 0.969. The molecule has 0 aliphatic carbocycles. The molecule has 5 atom stereocenters. The molecule has 0 amide bonds. The van der Waals surface area contributed by atoms with Gasteiger partial charge in [-0.25, -0.2) is 0 Å². The smallest absolute Gasteiger partial charge is 0.184 e. The monoisotopic (exact) mass is 162 g/mol. The molecule has 2 heterocycles. The minimum absolute atomic E-state index is 0.166. The van der Waals surface area contributed by atoms with Crippen LogP contribution < -0.4 is 0 Å². The molecule has 5 nitrogen and oxygen atoms in total. The van der Waals surface area contributed by atoms with Crippen LogP contribution in [0.15, 0.2) is 0 Å². The molecule has 2 rings (SSSR count). The minimum atomic E-state index is -1.22. The van der Waals surface area contributed by atoms with Crippen LogP contribution in [0.2, 0.25) is 0 Å². The van der Waals surface area contributed by atoms with E-state index in [1.165, 1.54) is 0 Å². The van der Waals surface area contributed by atoms with E-state index >= 15 is 0 Å². The molecular weight excluding hydrogens is 152 g/mol. The number of fused-ring (bicyclic) bond motifs is 1. The standard InChI is InChI=1S/C6H10O5/c7-2-1-10-5-3(8)6(9)11-4(2)5/h2-9H,1H2/t2-,3-,4+,5+,6+/m0/s1. The maximum atomic E-state index is 9.17. The zero-order chi connectivity index (χ0) is 8.01. The molecule has 0 aromatic carbocycles. The van der Waals surface area contributed by atoms with Gasteiger partial charge in [0.25, 0.3) is 0 Å². The summed E-state index contributed by atoms with van der Waals surface area (Å²) in [5, 5.41) is 27.3. The lowest BCUT2D eigenvalue weighted by molar-refractivity contribution is -0.149. The van der Waals surface area contributed by atoms with Crippen molar-refractivity contribution in [1.29, 1.82) is 0 Å². The van der Waals surface area contributed by atoms with Crippen molar-refractivity contribution in [2.24, 2.45) is 0 Å². The molecule has 3 N–H and O–H groups in total. The van der Waals surface area contributed by atoms with Gasteiger partial charge in [0.2, 0.25) is 0 Å². The van der Waals surface area contributed by atoms with Crippen LogP contribution in [0, 0.1) is 0 Å². The summed E-state index contributed by atoms with van der Waals surface area (Å²) in [6.45, 7) is 0.166. The Balaban J connectivity index is 2.12. The highest BCUT2D eigenvalue weighted by Gasteiger charge is 2.51. The fourth-order valence-electron chi connectivity index (χ4n) is 1.48. The van der Waals surface area contributed by atoms with E-state index in [0.717, 1.165) is 0 Å². The van der Waals surface area contributed by atoms with Gasteiger partial charge in [-0.15, -0.1) is 0 Å². The van der Waals surface area contributed by atoms with Crippen LogP contribution >= 0.6 is 0 Å². The van der Waals surface area contributed by atoms with Gasteiger partial charge < -0.3 is 24.8 Å². The van der Waals surface area contributed by atoms with Crippen molar-refractivity contribution in [1.82, 2.24) is 0 Å². The molecule has 2 saturated heterocycles. The summed E-state index contributed by atoms with van der Waals surface area (Å²) in [7, 11) is 0. The summed E-state index contributed by atoms with van der Waals surface area (Å²) in [5.74, 6) is 0. The molecule has 11 heavy (non-hydrogen) atoms. The van der Waals surface area contributed by atoms with E-state index < -0.39 is 30.7 Å². The van der Waals surface area contributed by atoms with Crippen LogP contribution in [0.3, 0.4) is 0 Å². The largest absolute Gasteiger partial charge is 0.388 e. The lowest BCUT2D eigenvalue weighted by Crippen LogP contribution is -2.32. The van der Waals surface area contributed by atoms with Crippen molar-refractivity contribution in [3.05, 3.63) is 0 Å². The zero-order valence-electron chi connectivity index (χ0n) is 5.75. The summed E-state index contributed by atoms with van der Waals surface area (Å²) in [5.41, 5.74) is 0. The Morgan fingerprint density at radius 1 is 1.09 bits per heavy atom. The van der Waals surface area contributed by atoms with Gasteiger partial charge in [-0.05, 0) is 0 Å². The molecule has 0 saturated carbocycles. The van der Waals surface area contributed by atoms with Crippen LogP contribution in [0.5, 0.6) is 0 Å². The summed E-state index contributed by atoms with van der Waals surface area (Å²) < 4.78 is 9.83. The number of hydrogen-bond acceptors (Lipinski definition) is 5. The first-order valence-electron chi connectivity index (χ1n) is 3.51. The molecule has 0 radical (unpaired) electrons. The van der Waals surface area contributed by atoms with E-state index in [4.69, 9.17) is 19.7 Å². The number of hydrogen-bond donors (Lipinski definition) is 3. The maximum absolute atomic E-state index is 9.17. The van der Waals surface area contributed by atoms with Gasteiger partial charge >= 0.3 is 0 Å². The molecule has 2 aliphatic heterocycles. The summed E-state index contributed by atoms with van der Waals surface area (Å²) in [6, 6.07) is 0. The van der Waals surface area contributed by atoms with Gasteiger partial charge in [0.05, 0.1) is 6.61 Å². The second kappa shape index (κ2) is 2.40. The zero-order valence-corrected chi connectivity index (χ0v) is 5.75. The topological polar surface area (TPSA) is 79.2 Å². The van der Waals surface area contributed by atoms with E-state index in [-0.39, 0.29) is 6.61 Å². The Labute approximate surface area is 63.2 Å². The molecule has 64 valence electrons. The van der Waals surface area contributed by atoms with Crippen molar-refractivity contribution in [2.45, 2.75) is 30.7 Å². The summed E-state index contributed by atoms with van der Waals surface area (Å²) in [6.07, 6.45) is -4.12. The highest BCUT2D eigenvalue weighted by atomic mass is 16.7. The van der Waals surface area contributed by atoms with Gasteiger partial charge in [-0.1, -0.05) is 0 Å². The number of rotatable bonds is 0. The third-order valence-electron chi connectivity index (χ3n) is 2.09. The summed E-state index contributed by atoms with van der Waals surface area (Å²) in [4.78, 5) is 0. The second-order valence-corrected chi connectivity index (χ2v) is 2.85. The number of ether oxygens (including phenoxy) is 2. The lowest BCUT2D eigenvalue weighted by Gasteiger charge is -2.10. The van der Waals surface area contributed by atoms with E-state index in [2.05, 4.69) is 0 Å². The first-order chi connectivity index (χ1) is 5.20. The van der Waals surface area contributed by atoms with Crippen LogP contribution in [0.1, 0.15) is 0 Å². The Morgan fingerprint density at radius 3 is 2.45 bits per heavy atom. The SMILES string of the molecule is O[C@H]1[C@H]2OC[C@H](O)[C@H]2O[C@H]1O. The highest BCUT2D eigenvalue weighted by molar-refractivity contribution is 4.95. The van der Waals surface area contributed by atoms with Gasteiger partial charge in [0.15, 0.2) is 6.29 Å². The number of aliphatic hydroxyl groups excluding tert-OH is 3. The normalized spacial score (nSPS) is 56.5. The van der Waals surface area contributed by atoms with Gasteiger partial charge in [-0.2, -0.15) is 0 Å². The van der Waals surface area contributed by atoms with Gasteiger partial charge in [0.1, 0.15) is 24.4 Å². The van der Waals surface area contributed by atoms with Crippen LogP contribution in [-0.4, -0.2) is 52.6 Å². The van der Waals surface area contributed by atoms with Crippen LogP contribution in [0.25, 0.3) is 0 Å². The van der Waals surface area contributed by atoms with Crippen LogP contribution in [0.4, 0.5) is 0 Å². The van der Waals surface area contributed by atoms with Gasteiger partial charge in [-0.3, -0.25) is 0 Å². The third-order valence-corrected chi connectivity index (χ3v) is 2.09. The van der Waals surface area contributed by atoms with E-state index in [9.17, 15) is 5.11 Å². The van der Waals surface area contributed by atoms with Crippen molar-refractivity contribution in [2.75, 3.05) is 6.61 Å². The second-order valence-electron chi connectivity index (χ2n) is 2.85. The van der Waals surface area contributed by atoms with Gasteiger partial charge in [0, 0.05) is 0 Å². The maximum Gasteiger partial charge on any atom is 0.184 e. The molecule has 0 spiro atoms. The molecule has 0 bridgehead atoms. The average Bonchev–Trinajstić information content (AvgIpc) is 2.43. The summed E-state index contributed by atoms with van der Waals surface area (Å²) >= 11 is 0. The lowest BCUT2D eigenvalue weighted by atomic mass is 10.1. The fourth-order valence-corrected chi connectivity index (χ4v) is 1.48. The quantitative estimate of drug-likeness (QED) is 0.377. The van der Waals surface area contributed by atoms with E-state index in [0.29, 0.717) is 0 Å².